The summed E-state index contributed by atoms with van der Waals surface area (Å²) in [6.45, 7) is 1.83. The molecular formula is C15H11F2N3O2. The third kappa shape index (κ3) is 2.37. The van der Waals surface area contributed by atoms with Crippen LogP contribution in [0.1, 0.15) is 5.56 Å². The third-order valence-corrected chi connectivity index (χ3v) is 3.17. The fourth-order valence-corrected chi connectivity index (χ4v) is 2.19. The van der Waals surface area contributed by atoms with E-state index in [-0.39, 0.29) is 11.4 Å². The zero-order valence-corrected chi connectivity index (χ0v) is 11.5. The number of nitrogens with one attached hydrogen (secondary N) is 2. The minimum atomic E-state index is -0.914. The number of halogens is 2. The molecule has 0 saturated carbocycles. The van der Waals surface area contributed by atoms with Crippen molar-refractivity contribution < 1.29 is 18.3 Å². The molecule has 0 saturated heterocycles. The van der Waals surface area contributed by atoms with Gasteiger partial charge in [0.15, 0.2) is 17.4 Å². The first kappa shape index (κ1) is 14.0. The van der Waals surface area contributed by atoms with E-state index in [2.05, 4.69) is 15.3 Å². The minimum Gasteiger partial charge on any atom is -0.450 e. The Balaban J connectivity index is 2.05. The molecule has 0 bridgehead atoms. The van der Waals surface area contributed by atoms with Gasteiger partial charge in [-0.25, -0.2) is 13.8 Å². The lowest BCUT2D eigenvalue weighted by molar-refractivity contribution is -0.105. The number of carbonyl (C=O) groups is 1. The predicted molar refractivity (Wildman–Crippen MR) is 76.9 cm³/mol. The van der Waals surface area contributed by atoms with Crippen LogP contribution in [0.2, 0.25) is 0 Å². The van der Waals surface area contributed by atoms with Gasteiger partial charge in [0.2, 0.25) is 6.41 Å². The predicted octanol–water partition coefficient (Wildman–Crippen LogP) is 3.51. The zero-order valence-electron chi connectivity index (χ0n) is 11.5. The summed E-state index contributed by atoms with van der Waals surface area (Å²) in [5.74, 6) is -2.08. The highest BCUT2D eigenvalue weighted by Gasteiger charge is 2.16. The Labute approximate surface area is 123 Å². The van der Waals surface area contributed by atoms with Gasteiger partial charge < -0.3 is 15.0 Å². The van der Waals surface area contributed by atoms with Crippen LogP contribution in [-0.2, 0) is 4.79 Å². The van der Waals surface area contributed by atoms with Crippen LogP contribution < -0.4 is 10.1 Å². The number of anilines is 1. The monoisotopic (exact) mass is 303 g/mol. The molecule has 7 heteroatoms. The van der Waals surface area contributed by atoms with Crippen LogP contribution in [0.15, 0.2) is 30.6 Å². The number of nitrogens with zero attached hydrogens (tertiary/aromatic N) is 1. The molecule has 2 N–H and O–H groups in total. The molecule has 1 aromatic carbocycles. The molecule has 0 aliphatic rings. The van der Waals surface area contributed by atoms with Gasteiger partial charge in [0.05, 0.1) is 5.39 Å². The second kappa shape index (κ2) is 5.44. The molecule has 0 aliphatic carbocycles. The number of amides is 1. The Hall–Kier alpha value is -2.96. The van der Waals surface area contributed by atoms with Crippen molar-refractivity contribution in [3.05, 3.63) is 47.8 Å². The number of ether oxygens (including phenoxy) is 1. The summed E-state index contributed by atoms with van der Waals surface area (Å²) < 4.78 is 33.4. The molecule has 0 fully saturated rings. The summed E-state index contributed by atoms with van der Waals surface area (Å²) >= 11 is 0. The summed E-state index contributed by atoms with van der Waals surface area (Å²) in [7, 11) is 0. The van der Waals surface area contributed by atoms with Crippen molar-refractivity contribution in [2.24, 2.45) is 0 Å². The number of rotatable bonds is 4. The van der Waals surface area contributed by atoms with Gasteiger partial charge in [-0.15, -0.1) is 0 Å². The lowest BCUT2D eigenvalue weighted by Crippen LogP contribution is -1.99. The maximum absolute atomic E-state index is 14.0. The smallest absolute Gasteiger partial charge is 0.211 e. The number of carbonyl (C=O) groups excluding carboxylic acids is 1. The van der Waals surface area contributed by atoms with Crippen LogP contribution in [0, 0.1) is 18.6 Å². The molecule has 3 rings (SSSR count). The number of hydrogen-bond donors (Lipinski definition) is 2. The fourth-order valence-electron chi connectivity index (χ4n) is 2.19. The number of aromatic amines is 1. The van der Waals surface area contributed by atoms with Crippen LogP contribution in [-0.4, -0.2) is 16.4 Å². The Kier molecular flexibility index (Phi) is 3.46. The van der Waals surface area contributed by atoms with Crippen LogP contribution >= 0.6 is 0 Å². The van der Waals surface area contributed by atoms with E-state index in [9.17, 15) is 13.6 Å². The summed E-state index contributed by atoms with van der Waals surface area (Å²) in [6, 6.07) is 3.49. The van der Waals surface area contributed by atoms with Crippen molar-refractivity contribution in [1.29, 1.82) is 0 Å². The molecule has 112 valence electrons. The number of benzene rings is 1. The highest BCUT2D eigenvalue weighted by atomic mass is 19.1. The number of hydrogen-bond acceptors (Lipinski definition) is 3. The first-order valence-corrected chi connectivity index (χ1v) is 6.40. The molecule has 0 aliphatic heterocycles. The Morgan fingerprint density at radius 1 is 1.32 bits per heavy atom. The van der Waals surface area contributed by atoms with Gasteiger partial charge in [-0.1, -0.05) is 0 Å². The largest absolute Gasteiger partial charge is 0.450 e. The highest BCUT2D eigenvalue weighted by molar-refractivity contribution is 5.86. The topological polar surface area (TPSA) is 67.0 Å². The molecule has 1 amide bonds. The Bertz CT molecular complexity index is 838. The number of fused-ring (bicyclic) bond motifs is 1. The van der Waals surface area contributed by atoms with Gasteiger partial charge in [0.1, 0.15) is 11.4 Å². The Morgan fingerprint density at radius 3 is 2.73 bits per heavy atom. The molecule has 3 aromatic rings. The summed E-state index contributed by atoms with van der Waals surface area (Å²) in [6.07, 6.45) is 3.55. The summed E-state index contributed by atoms with van der Waals surface area (Å²) in [5, 5.41) is 2.83. The highest BCUT2D eigenvalue weighted by Crippen LogP contribution is 2.34. The number of aryl methyl sites for hydroxylation is 1. The standard InChI is InChI=1S/C15H11F2N3O2/c1-8-6-19-15-13(8)12(2-3-18-15)22-14-10(16)4-9(20-7-21)5-11(14)17/h2-7H,1H3,(H,18,19)(H,20,21). The average Bonchev–Trinajstić information content (AvgIpc) is 2.86. The normalized spacial score (nSPS) is 10.7. The van der Waals surface area contributed by atoms with Crippen molar-refractivity contribution in [3.63, 3.8) is 0 Å². The van der Waals surface area contributed by atoms with Crippen LogP contribution in [0.5, 0.6) is 11.5 Å². The average molecular weight is 303 g/mol. The molecular weight excluding hydrogens is 292 g/mol. The maximum Gasteiger partial charge on any atom is 0.211 e. The third-order valence-electron chi connectivity index (χ3n) is 3.17. The minimum absolute atomic E-state index is 0.00931. The number of pyridine rings is 1. The van der Waals surface area contributed by atoms with Gasteiger partial charge in [-0.3, -0.25) is 4.79 Å². The molecule has 0 atom stereocenters. The molecule has 2 aromatic heterocycles. The van der Waals surface area contributed by atoms with Crippen LogP contribution in [0.25, 0.3) is 11.0 Å². The van der Waals surface area contributed by atoms with Gasteiger partial charge in [-0.05, 0) is 18.6 Å². The van der Waals surface area contributed by atoms with E-state index in [1.807, 2.05) is 6.92 Å². The van der Waals surface area contributed by atoms with E-state index in [0.29, 0.717) is 17.4 Å². The SMILES string of the molecule is Cc1c[nH]c2nccc(Oc3c(F)cc(NC=O)cc3F)c12. The zero-order chi connectivity index (χ0) is 15.7. The van der Waals surface area contributed by atoms with Crippen molar-refractivity contribution in [2.45, 2.75) is 6.92 Å². The van der Waals surface area contributed by atoms with E-state index >= 15 is 0 Å². The van der Waals surface area contributed by atoms with Crippen LogP contribution in [0.4, 0.5) is 14.5 Å². The van der Waals surface area contributed by atoms with Gasteiger partial charge in [0, 0.05) is 30.2 Å². The quantitative estimate of drug-likeness (QED) is 0.725. The molecule has 0 radical (unpaired) electrons. The second-order valence-electron chi connectivity index (χ2n) is 4.64. The fraction of sp³-hybridized carbons (Fsp3) is 0.0667. The first-order valence-electron chi connectivity index (χ1n) is 6.40. The van der Waals surface area contributed by atoms with Crippen LogP contribution in [0.3, 0.4) is 0 Å². The van der Waals surface area contributed by atoms with E-state index in [1.165, 1.54) is 12.3 Å². The lowest BCUT2D eigenvalue weighted by atomic mass is 10.2. The number of H-pyrrole nitrogens is 1. The maximum atomic E-state index is 14.0. The van der Waals surface area contributed by atoms with Crippen molar-refractivity contribution in [1.82, 2.24) is 9.97 Å². The van der Waals surface area contributed by atoms with E-state index < -0.39 is 17.4 Å². The van der Waals surface area contributed by atoms with Crippen molar-refractivity contribution >= 4 is 23.1 Å². The molecule has 5 nitrogen and oxygen atoms in total. The van der Waals surface area contributed by atoms with Crippen molar-refractivity contribution in [2.75, 3.05) is 5.32 Å². The first-order chi connectivity index (χ1) is 10.6. The van der Waals surface area contributed by atoms with E-state index in [1.54, 1.807) is 6.20 Å². The molecule has 0 spiro atoms. The van der Waals surface area contributed by atoms with Gasteiger partial charge >= 0.3 is 0 Å². The second-order valence-corrected chi connectivity index (χ2v) is 4.64. The molecule has 2 heterocycles. The van der Waals surface area contributed by atoms with E-state index in [0.717, 1.165) is 17.7 Å². The van der Waals surface area contributed by atoms with E-state index in [4.69, 9.17) is 4.74 Å². The number of aromatic nitrogens is 2. The molecule has 0 unspecified atom stereocenters. The lowest BCUT2D eigenvalue weighted by Gasteiger charge is -2.10. The van der Waals surface area contributed by atoms with Crippen molar-refractivity contribution in [3.8, 4) is 11.5 Å². The van der Waals surface area contributed by atoms with Gasteiger partial charge in [-0.2, -0.15) is 0 Å². The Morgan fingerprint density at radius 2 is 2.05 bits per heavy atom. The summed E-state index contributed by atoms with van der Waals surface area (Å²) in [4.78, 5) is 17.4. The van der Waals surface area contributed by atoms with Gasteiger partial charge in [0.25, 0.3) is 0 Å². The molecule has 22 heavy (non-hydrogen) atoms. The summed E-state index contributed by atoms with van der Waals surface area (Å²) in [5.41, 5.74) is 1.42.